The van der Waals surface area contributed by atoms with E-state index in [1.165, 1.54) is 5.12 Å². The average Bonchev–Trinajstić information content (AvgIpc) is 2.54. The lowest BCUT2D eigenvalue weighted by Crippen LogP contribution is -2.45. The second-order valence-electron chi connectivity index (χ2n) is 5.27. The second-order valence-corrected chi connectivity index (χ2v) is 5.27. The molecule has 5 N–H and O–H groups in total. The Bertz CT molecular complexity index is 994. The summed E-state index contributed by atoms with van der Waals surface area (Å²) in [4.78, 5) is 4.53. The number of aromatic nitrogens is 1. The Morgan fingerprint density at radius 2 is 1.86 bits per heavy atom. The number of pyridine rings is 1. The Balaban J connectivity index is 1.93. The Morgan fingerprint density at radius 3 is 2.77 bits per heavy atom. The van der Waals surface area contributed by atoms with Crippen molar-refractivity contribution in [3.8, 4) is 11.3 Å². The smallest absolute Gasteiger partial charge is 0.131 e. The summed E-state index contributed by atoms with van der Waals surface area (Å²) in [6.07, 6.45) is 3.70. The number of fused-ring (bicyclic) bond motifs is 2. The summed E-state index contributed by atoms with van der Waals surface area (Å²) in [6.45, 7) is 0. The molecule has 0 saturated carbocycles. The van der Waals surface area contributed by atoms with Gasteiger partial charge in [0.1, 0.15) is 5.82 Å². The van der Waals surface area contributed by atoms with Crippen molar-refractivity contribution in [3.05, 3.63) is 59.0 Å². The standard InChI is InChI=1S/C17H15N5/c18-17-15-4-2-1-3-11(15)8-16(21-17)12-5-6-13-9-20-22(19)10-14(13)7-12/h1-10,20H,19H2,(H2,18,21). The van der Waals surface area contributed by atoms with Crippen LogP contribution < -0.4 is 27.4 Å². The van der Waals surface area contributed by atoms with Crippen LogP contribution in [-0.2, 0) is 0 Å². The molecule has 0 saturated heterocycles. The van der Waals surface area contributed by atoms with Gasteiger partial charge in [-0.25, -0.2) is 15.9 Å². The van der Waals surface area contributed by atoms with Crippen molar-refractivity contribution in [1.29, 1.82) is 0 Å². The van der Waals surface area contributed by atoms with Gasteiger partial charge in [0.2, 0.25) is 0 Å². The molecule has 22 heavy (non-hydrogen) atoms. The lowest BCUT2D eigenvalue weighted by molar-refractivity contribution is 0.377. The van der Waals surface area contributed by atoms with E-state index in [2.05, 4.69) is 22.5 Å². The topological polar surface area (TPSA) is 80.2 Å². The van der Waals surface area contributed by atoms with E-state index in [-0.39, 0.29) is 0 Å². The Labute approximate surface area is 127 Å². The Morgan fingerprint density at radius 1 is 1.00 bits per heavy atom. The third-order valence-corrected chi connectivity index (χ3v) is 3.80. The van der Waals surface area contributed by atoms with E-state index in [1.54, 1.807) is 0 Å². The van der Waals surface area contributed by atoms with Gasteiger partial charge in [-0.3, -0.25) is 5.43 Å². The zero-order chi connectivity index (χ0) is 15.1. The molecule has 5 nitrogen and oxygen atoms in total. The van der Waals surface area contributed by atoms with Crippen LogP contribution in [0, 0.1) is 0 Å². The zero-order valence-electron chi connectivity index (χ0n) is 11.8. The fraction of sp³-hybridized carbons (Fsp3) is 0. The largest absolute Gasteiger partial charge is 0.383 e. The van der Waals surface area contributed by atoms with Crippen LogP contribution in [0.2, 0.25) is 0 Å². The summed E-state index contributed by atoms with van der Waals surface area (Å²) < 4.78 is 0. The molecule has 0 radical (unpaired) electrons. The molecule has 0 bridgehead atoms. The van der Waals surface area contributed by atoms with Gasteiger partial charge in [-0.05, 0) is 17.5 Å². The van der Waals surface area contributed by atoms with E-state index in [9.17, 15) is 0 Å². The van der Waals surface area contributed by atoms with Gasteiger partial charge in [0, 0.05) is 33.8 Å². The van der Waals surface area contributed by atoms with Gasteiger partial charge in [0.25, 0.3) is 0 Å². The quantitative estimate of drug-likeness (QED) is 0.573. The van der Waals surface area contributed by atoms with Crippen LogP contribution in [-0.4, -0.2) is 10.1 Å². The van der Waals surface area contributed by atoms with Crippen LogP contribution in [0.4, 0.5) is 5.82 Å². The predicted molar refractivity (Wildman–Crippen MR) is 88.9 cm³/mol. The summed E-state index contributed by atoms with van der Waals surface area (Å²) in [5.41, 5.74) is 10.9. The molecule has 5 heteroatoms. The Kier molecular flexibility index (Phi) is 2.74. The first kappa shape index (κ1) is 12.7. The van der Waals surface area contributed by atoms with Crippen LogP contribution in [0.1, 0.15) is 0 Å². The van der Waals surface area contributed by atoms with Crippen molar-refractivity contribution in [2.45, 2.75) is 0 Å². The second kappa shape index (κ2) is 4.75. The van der Waals surface area contributed by atoms with Crippen molar-refractivity contribution in [3.63, 3.8) is 0 Å². The maximum absolute atomic E-state index is 6.09. The molecule has 108 valence electrons. The Hall–Kier alpha value is -3.05. The SMILES string of the molecule is Nc1nc(-c2ccc3c(c2)=CN(N)NC=3)cc2ccccc12. The number of benzene rings is 2. The normalized spacial score (nSPS) is 13.0. The highest BCUT2D eigenvalue weighted by Gasteiger charge is 2.06. The fourth-order valence-electron chi connectivity index (χ4n) is 2.68. The molecular weight excluding hydrogens is 274 g/mol. The van der Waals surface area contributed by atoms with Gasteiger partial charge in [-0.2, -0.15) is 0 Å². The average molecular weight is 289 g/mol. The number of hydrogen-bond acceptors (Lipinski definition) is 5. The number of nitrogens with two attached hydrogens (primary N) is 2. The molecule has 0 atom stereocenters. The first-order valence-corrected chi connectivity index (χ1v) is 6.98. The van der Waals surface area contributed by atoms with Crippen molar-refractivity contribution in [2.75, 3.05) is 5.73 Å². The molecule has 1 aliphatic heterocycles. The molecule has 2 aromatic carbocycles. The summed E-state index contributed by atoms with van der Waals surface area (Å²) in [5, 5.41) is 5.60. The number of nitrogens with one attached hydrogen (secondary N) is 1. The van der Waals surface area contributed by atoms with Gasteiger partial charge < -0.3 is 5.73 Å². The molecule has 3 aromatic rings. The number of nitrogen functional groups attached to an aromatic ring is 1. The van der Waals surface area contributed by atoms with Crippen LogP contribution in [0.25, 0.3) is 34.4 Å². The minimum absolute atomic E-state index is 0.545. The highest BCUT2D eigenvalue weighted by Crippen LogP contribution is 2.25. The molecule has 0 unspecified atom stereocenters. The maximum atomic E-state index is 6.09. The first-order valence-electron chi connectivity index (χ1n) is 6.98. The van der Waals surface area contributed by atoms with E-state index in [1.807, 2.05) is 48.8 Å². The lowest BCUT2D eigenvalue weighted by Gasteiger charge is -2.16. The van der Waals surface area contributed by atoms with Crippen molar-refractivity contribution >= 4 is 29.0 Å². The first-order chi connectivity index (χ1) is 10.7. The molecule has 0 aliphatic carbocycles. The summed E-state index contributed by atoms with van der Waals surface area (Å²) in [6, 6.07) is 16.2. The molecule has 0 amide bonds. The molecule has 1 aromatic heterocycles. The highest BCUT2D eigenvalue weighted by atomic mass is 15.6. The molecule has 2 heterocycles. The van der Waals surface area contributed by atoms with E-state index in [0.29, 0.717) is 5.82 Å². The van der Waals surface area contributed by atoms with Gasteiger partial charge in [-0.1, -0.05) is 36.4 Å². The van der Waals surface area contributed by atoms with Crippen LogP contribution in [0.15, 0.2) is 48.5 Å². The zero-order valence-corrected chi connectivity index (χ0v) is 11.8. The number of rotatable bonds is 1. The van der Waals surface area contributed by atoms with Crippen molar-refractivity contribution in [2.24, 2.45) is 5.84 Å². The summed E-state index contributed by atoms with van der Waals surface area (Å²) >= 11 is 0. The van der Waals surface area contributed by atoms with Gasteiger partial charge in [0.15, 0.2) is 0 Å². The van der Waals surface area contributed by atoms with Crippen LogP contribution in [0.5, 0.6) is 0 Å². The minimum Gasteiger partial charge on any atom is -0.383 e. The number of hydrogen-bond donors (Lipinski definition) is 3. The maximum Gasteiger partial charge on any atom is 0.131 e. The van der Waals surface area contributed by atoms with E-state index in [4.69, 9.17) is 11.6 Å². The van der Waals surface area contributed by atoms with E-state index >= 15 is 0 Å². The van der Waals surface area contributed by atoms with E-state index < -0.39 is 0 Å². The highest BCUT2D eigenvalue weighted by molar-refractivity contribution is 5.93. The van der Waals surface area contributed by atoms with Gasteiger partial charge in [-0.15, -0.1) is 0 Å². The molecule has 0 spiro atoms. The fourth-order valence-corrected chi connectivity index (χ4v) is 2.68. The van der Waals surface area contributed by atoms with Crippen LogP contribution >= 0.6 is 0 Å². The molecule has 1 aliphatic rings. The molecular formula is C17H15N5. The number of anilines is 1. The van der Waals surface area contributed by atoms with E-state index in [0.717, 1.165) is 32.5 Å². The number of nitrogens with zero attached hydrogens (tertiary/aromatic N) is 2. The summed E-state index contributed by atoms with van der Waals surface area (Å²) in [7, 11) is 0. The monoisotopic (exact) mass is 289 g/mol. The predicted octanol–water partition coefficient (Wildman–Crippen LogP) is 0.654. The third kappa shape index (κ3) is 2.04. The molecule has 4 rings (SSSR count). The lowest BCUT2D eigenvalue weighted by atomic mass is 10.1. The van der Waals surface area contributed by atoms with Crippen molar-refractivity contribution < 1.29 is 0 Å². The third-order valence-electron chi connectivity index (χ3n) is 3.80. The summed E-state index contributed by atoms with van der Waals surface area (Å²) in [5.74, 6) is 6.28. The molecule has 0 fully saturated rings. The van der Waals surface area contributed by atoms with Crippen molar-refractivity contribution in [1.82, 2.24) is 15.5 Å². The minimum atomic E-state index is 0.545. The van der Waals surface area contributed by atoms with Crippen LogP contribution in [0.3, 0.4) is 0 Å². The van der Waals surface area contributed by atoms with Gasteiger partial charge >= 0.3 is 0 Å². The number of hydrazine groups is 2. The van der Waals surface area contributed by atoms with Gasteiger partial charge in [0.05, 0.1) is 5.69 Å².